The third-order valence-electron chi connectivity index (χ3n) is 3.65. The Balaban J connectivity index is 1.95. The van der Waals surface area contributed by atoms with Gasteiger partial charge in [0.25, 0.3) is 0 Å². The van der Waals surface area contributed by atoms with Crippen molar-refractivity contribution in [1.29, 1.82) is 5.41 Å². The lowest BCUT2D eigenvalue weighted by Gasteiger charge is -2.36. The molecule has 0 unspecified atom stereocenters. The van der Waals surface area contributed by atoms with Crippen LogP contribution in [-0.4, -0.2) is 47.2 Å². The standard InChI is InChI=1S/C15H18N4O2/c1-3-7-18-8-11(2)14(16)19(18)13-6-4-5-12(17-13)15(20)9-21-10-15/h3-6,16,20H,1-2,7-10H2. The number of nitrogens with zero attached hydrogens (tertiary/aromatic N) is 3. The van der Waals surface area contributed by atoms with E-state index in [0.717, 1.165) is 5.57 Å². The molecule has 0 spiro atoms. The Morgan fingerprint density at radius 1 is 1.48 bits per heavy atom. The highest BCUT2D eigenvalue weighted by Crippen LogP contribution is 2.30. The van der Waals surface area contributed by atoms with Gasteiger partial charge >= 0.3 is 0 Å². The van der Waals surface area contributed by atoms with Crippen LogP contribution in [0.4, 0.5) is 5.82 Å². The lowest BCUT2D eigenvalue weighted by atomic mass is 9.97. The van der Waals surface area contributed by atoms with Gasteiger partial charge < -0.3 is 9.84 Å². The van der Waals surface area contributed by atoms with Crippen LogP contribution in [0.5, 0.6) is 0 Å². The summed E-state index contributed by atoms with van der Waals surface area (Å²) < 4.78 is 5.07. The molecule has 0 bridgehead atoms. The summed E-state index contributed by atoms with van der Waals surface area (Å²) in [5.74, 6) is 0.914. The van der Waals surface area contributed by atoms with Crippen molar-refractivity contribution in [3.05, 3.63) is 48.7 Å². The Kier molecular flexibility index (Phi) is 3.36. The van der Waals surface area contributed by atoms with E-state index in [1.165, 1.54) is 0 Å². The number of ether oxygens (including phenoxy) is 1. The van der Waals surface area contributed by atoms with E-state index in [2.05, 4.69) is 18.1 Å². The molecule has 0 radical (unpaired) electrons. The van der Waals surface area contributed by atoms with Crippen LogP contribution in [0.25, 0.3) is 0 Å². The highest BCUT2D eigenvalue weighted by atomic mass is 16.5. The van der Waals surface area contributed by atoms with Gasteiger partial charge in [0, 0.05) is 18.7 Å². The molecule has 0 aromatic carbocycles. The van der Waals surface area contributed by atoms with E-state index in [1.54, 1.807) is 17.2 Å². The number of pyridine rings is 1. The normalized spacial score (nSPS) is 21.5. The zero-order chi connectivity index (χ0) is 15.0. The Hall–Kier alpha value is -2.02. The number of hydrogen-bond donors (Lipinski definition) is 2. The highest BCUT2D eigenvalue weighted by Gasteiger charge is 2.40. The first-order valence-corrected chi connectivity index (χ1v) is 6.75. The second-order valence-electron chi connectivity index (χ2n) is 5.31. The number of rotatable bonds is 4. The molecule has 3 heterocycles. The fourth-order valence-corrected chi connectivity index (χ4v) is 2.46. The van der Waals surface area contributed by atoms with Crippen molar-refractivity contribution in [1.82, 2.24) is 9.99 Å². The first-order chi connectivity index (χ1) is 10.0. The van der Waals surface area contributed by atoms with E-state index in [4.69, 9.17) is 10.1 Å². The van der Waals surface area contributed by atoms with Crippen LogP contribution in [0, 0.1) is 5.41 Å². The lowest BCUT2D eigenvalue weighted by Crippen LogP contribution is -2.47. The Morgan fingerprint density at radius 3 is 2.86 bits per heavy atom. The minimum absolute atomic E-state index is 0.254. The maximum Gasteiger partial charge on any atom is 0.153 e. The fraction of sp³-hybridized carbons (Fsp3) is 0.333. The van der Waals surface area contributed by atoms with Gasteiger partial charge in [-0.3, -0.25) is 5.41 Å². The molecule has 3 rings (SSSR count). The van der Waals surface area contributed by atoms with Crippen LogP contribution in [0.15, 0.2) is 43.0 Å². The van der Waals surface area contributed by atoms with Crippen molar-refractivity contribution < 1.29 is 9.84 Å². The second kappa shape index (κ2) is 5.07. The quantitative estimate of drug-likeness (QED) is 0.810. The van der Waals surface area contributed by atoms with Crippen LogP contribution in [0.1, 0.15) is 5.69 Å². The SMILES string of the molecule is C=CCN1CC(=C)C(=N)N1c1cccc(C2(O)COC2)n1. The molecule has 2 N–H and O–H groups in total. The average Bonchev–Trinajstić information content (AvgIpc) is 2.72. The van der Waals surface area contributed by atoms with Crippen molar-refractivity contribution in [3.63, 3.8) is 0 Å². The fourth-order valence-electron chi connectivity index (χ4n) is 2.46. The topological polar surface area (TPSA) is 72.7 Å². The lowest BCUT2D eigenvalue weighted by molar-refractivity contribution is -0.186. The summed E-state index contributed by atoms with van der Waals surface area (Å²) in [6, 6.07) is 5.42. The predicted molar refractivity (Wildman–Crippen MR) is 80.1 cm³/mol. The summed E-state index contributed by atoms with van der Waals surface area (Å²) in [6.45, 7) is 9.32. The monoisotopic (exact) mass is 286 g/mol. The van der Waals surface area contributed by atoms with Gasteiger partial charge in [-0.05, 0) is 12.1 Å². The van der Waals surface area contributed by atoms with E-state index >= 15 is 0 Å². The summed E-state index contributed by atoms with van der Waals surface area (Å²) in [5.41, 5.74) is 0.280. The van der Waals surface area contributed by atoms with Crippen molar-refractivity contribution in [2.75, 3.05) is 31.3 Å². The van der Waals surface area contributed by atoms with Crippen LogP contribution in [0.2, 0.25) is 0 Å². The summed E-state index contributed by atoms with van der Waals surface area (Å²) in [7, 11) is 0. The summed E-state index contributed by atoms with van der Waals surface area (Å²) >= 11 is 0. The zero-order valence-corrected chi connectivity index (χ0v) is 11.7. The van der Waals surface area contributed by atoms with Gasteiger partial charge in [-0.1, -0.05) is 18.7 Å². The Bertz CT molecular complexity index is 609. The molecule has 2 fully saturated rings. The molecule has 110 valence electrons. The third kappa shape index (κ3) is 2.27. The van der Waals surface area contributed by atoms with Crippen LogP contribution >= 0.6 is 0 Å². The molecule has 6 nitrogen and oxygen atoms in total. The van der Waals surface area contributed by atoms with Gasteiger partial charge in [-0.15, -0.1) is 6.58 Å². The molecule has 21 heavy (non-hydrogen) atoms. The van der Waals surface area contributed by atoms with Crippen molar-refractivity contribution in [2.24, 2.45) is 0 Å². The number of anilines is 1. The molecule has 6 heteroatoms. The number of aromatic nitrogens is 1. The molecule has 1 aromatic rings. The van der Waals surface area contributed by atoms with Crippen molar-refractivity contribution in [3.8, 4) is 0 Å². The molecule has 2 aliphatic heterocycles. The Labute approximate surface area is 123 Å². The molecule has 2 aliphatic rings. The van der Waals surface area contributed by atoms with Crippen LogP contribution in [0.3, 0.4) is 0 Å². The zero-order valence-electron chi connectivity index (χ0n) is 11.7. The molecule has 2 saturated heterocycles. The number of hydrazine groups is 1. The molecule has 0 aliphatic carbocycles. The van der Waals surface area contributed by atoms with Gasteiger partial charge in [0.2, 0.25) is 0 Å². The average molecular weight is 286 g/mol. The minimum Gasteiger partial charge on any atom is -0.379 e. The Morgan fingerprint density at radius 2 is 2.24 bits per heavy atom. The maximum absolute atomic E-state index is 10.3. The van der Waals surface area contributed by atoms with E-state index in [-0.39, 0.29) is 13.2 Å². The number of nitrogens with one attached hydrogen (secondary N) is 1. The molecular weight excluding hydrogens is 268 g/mol. The molecule has 0 atom stereocenters. The molecule has 0 amide bonds. The second-order valence-corrected chi connectivity index (χ2v) is 5.31. The first kappa shape index (κ1) is 13.9. The minimum atomic E-state index is -1.02. The van der Waals surface area contributed by atoms with Crippen LogP contribution < -0.4 is 5.01 Å². The van der Waals surface area contributed by atoms with Gasteiger partial charge in [-0.2, -0.15) is 0 Å². The van der Waals surface area contributed by atoms with E-state index in [0.29, 0.717) is 30.4 Å². The van der Waals surface area contributed by atoms with Crippen LogP contribution in [-0.2, 0) is 10.3 Å². The summed E-state index contributed by atoms with van der Waals surface area (Å²) in [6.07, 6.45) is 1.77. The largest absolute Gasteiger partial charge is 0.379 e. The molecular formula is C15H18N4O2. The van der Waals surface area contributed by atoms with E-state index in [9.17, 15) is 5.11 Å². The maximum atomic E-state index is 10.3. The number of hydrogen-bond acceptors (Lipinski definition) is 5. The summed E-state index contributed by atoms with van der Waals surface area (Å²) in [4.78, 5) is 4.50. The van der Waals surface area contributed by atoms with Crippen molar-refractivity contribution in [2.45, 2.75) is 5.60 Å². The van der Waals surface area contributed by atoms with Gasteiger partial charge in [0.1, 0.15) is 11.7 Å². The van der Waals surface area contributed by atoms with Gasteiger partial charge in [0.15, 0.2) is 5.60 Å². The molecule has 1 aromatic heterocycles. The smallest absolute Gasteiger partial charge is 0.153 e. The predicted octanol–water partition coefficient (Wildman–Crippen LogP) is 1.06. The molecule has 0 saturated carbocycles. The van der Waals surface area contributed by atoms with Crippen molar-refractivity contribution >= 4 is 11.7 Å². The van der Waals surface area contributed by atoms with Gasteiger partial charge in [0.05, 0.1) is 18.9 Å². The number of aliphatic hydroxyl groups is 1. The van der Waals surface area contributed by atoms with Gasteiger partial charge in [-0.25, -0.2) is 15.0 Å². The summed E-state index contributed by atoms with van der Waals surface area (Å²) in [5, 5.41) is 22.1. The number of amidine groups is 1. The first-order valence-electron chi connectivity index (χ1n) is 6.75. The highest BCUT2D eigenvalue weighted by molar-refractivity contribution is 6.08. The third-order valence-corrected chi connectivity index (χ3v) is 3.65. The van der Waals surface area contributed by atoms with E-state index in [1.807, 2.05) is 17.1 Å². The van der Waals surface area contributed by atoms with E-state index < -0.39 is 5.60 Å².